The molecule has 1 heteroatoms. The number of benzene rings is 8. The Labute approximate surface area is 348 Å². The molecule has 0 N–H and O–H groups in total. The van der Waals surface area contributed by atoms with E-state index in [-0.39, 0.29) is 5.41 Å². The maximum atomic E-state index is 2.53. The molecule has 1 unspecified atom stereocenters. The van der Waals surface area contributed by atoms with Gasteiger partial charge in [0.25, 0.3) is 0 Å². The van der Waals surface area contributed by atoms with E-state index in [1.165, 1.54) is 72.3 Å². The molecule has 8 aromatic carbocycles. The smallest absolute Gasteiger partial charge is 0.0717 e. The van der Waals surface area contributed by atoms with E-state index in [1.807, 2.05) is 0 Å². The average molecular weight is 756 g/mol. The van der Waals surface area contributed by atoms with Crippen LogP contribution in [0.4, 0.5) is 17.1 Å². The summed E-state index contributed by atoms with van der Waals surface area (Å²) >= 11 is 0. The second-order valence-corrected chi connectivity index (χ2v) is 16.8. The van der Waals surface area contributed by atoms with Gasteiger partial charge in [-0.1, -0.05) is 189 Å². The van der Waals surface area contributed by atoms with Crippen LogP contribution in [0.2, 0.25) is 0 Å². The van der Waals surface area contributed by atoms with Gasteiger partial charge in [0, 0.05) is 22.5 Å². The van der Waals surface area contributed by atoms with Crippen molar-refractivity contribution in [2.45, 2.75) is 37.5 Å². The van der Waals surface area contributed by atoms with E-state index < -0.39 is 5.41 Å². The Morgan fingerprint density at radius 1 is 0.390 bits per heavy atom. The Morgan fingerprint density at radius 2 is 0.898 bits per heavy atom. The van der Waals surface area contributed by atoms with Crippen LogP contribution in [-0.4, -0.2) is 0 Å². The van der Waals surface area contributed by atoms with Gasteiger partial charge in [0.05, 0.1) is 5.41 Å². The highest BCUT2D eigenvalue weighted by atomic mass is 15.1. The molecule has 59 heavy (non-hydrogen) atoms. The van der Waals surface area contributed by atoms with Crippen LogP contribution in [-0.2, 0) is 10.8 Å². The van der Waals surface area contributed by atoms with E-state index in [0.29, 0.717) is 0 Å². The van der Waals surface area contributed by atoms with Crippen LogP contribution in [0.15, 0.2) is 223 Å². The van der Waals surface area contributed by atoms with E-state index in [0.717, 1.165) is 29.9 Å². The Bertz CT molecular complexity index is 2880. The highest BCUT2D eigenvalue weighted by Crippen LogP contribution is 2.64. The predicted octanol–water partition coefficient (Wildman–Crippen LogP) is 15.4. The summed E-state index contributed by atoms with van der Waals surface area (Å²) in [7, 11) is 0. The molecule has 1 nitrogen and oxygen atoms in total. The second-order valence-electron chi connectivity index (χ2n) is 16.8. The molecule has 0 aliphatic heterocycles. The molecule has 282 valence electrons. The minimum Gasteiger partial charge on any atom is -0.310 e. The van der Waals surface area contributed by atoms with E-state index in [9.17, 15) is 0 Å². The molecule has 0 aromatic heterocycles. The van der Waals surface area contributed by atoms with Gasteiger partial charge in [-0.3, -0.25) is 0 Å². The molecule has 0 saturated carbocycles. The van der Waals surface area contributed by atoms with Crippen LogP contribution >= 0.6 is 0 Å². The number of fused-ring (bicyclic) bond motifs is 8. The number of anilines is 3. The third-order valence-corrected chi connectivity index (χ3v) is 13.2. The van der Waals surface area contributed by atoms with Gasteiger partial charge in [-0.2, -0.15) is 0 Å². The summed E-state index contributed by atoms with van der Waals surface area (Å²) in [5, 5.41) is 0. The molecule has 3 aliphatic rings. The lowest BCUT2D eigenvalue weighted by molar-refractivity contribution is 0.524. The fourth-order valence-electron chi connectivity index (χ4n) is 10.5. The van der Waals surface area contributed by atoms with Crippen molar-refractivity contribution in [3.05, 3.63) is 246 Å². The van der Waals surface area contributed by atoms with Crippen LogP contribution in [0.25, 0.3) is 44.5 Å². The largest absolute Gasteiger partial charge is 0.310 e. The third kappa shape index (κ3) is 5.53. The Morgan fingerprint density at radius 3 is 1.54 bits per heavy atom. The standard InChI is InChI=1S/C58H45N/c1-57(2)52-26-14-16-28-54(52)58(55-29-17-15-27-53(55)57)51-25-13-12-24-49(51)50-35-34-47(39-56(50)58)59(46-32-30-43(31-33-46)40-18-6-3-7-19-40)48-37-44(41-20-8-4-9-21-41)36-45(38-48)42-22-10-5-11-23-42/h3-14,16-26,28-39H,15,27H2,1-2H3. The van der Waals surface area contributed by atoms with Gasteiger partial charge in [0.2, 0.25) is 0 Å². The fourth-order valence-corrected chi connectivity index (χ4v) is 10.5. The Kier molecular flexibility index (Phi) is 8.27. The van der Waals surface area contributed by atoms with Crippen molar-refractivity contribution in [1.82, 2.24) is 0 Å². The first-order valence-corrected chi connectivity index (χ1v) is 21.0. The first-order valence-electron chi connectivity index (χ1n) is 21.0. The highest BCUT2D eigenvalue weighted by molar-refractivity contribution is 5.92. The molecule has 8 aromatic rings. The van der Waals surface area contributed by atoms with E-state index in [1.54, 1.807) is 5.57 Å². The first kappa shape index (κ1) is 35.2. The Hall–Kier alpha value is -6.96. The van der Waals surface area contributed by atoms with Crippen molar-refractivity contribution < 1.29 is 0 Å². The number of hydrogen-bond donors (Lipinski definition) is 0. The van der Waals surface area contributed by atoms with Crippen molar-refractivity contribution >= 4 is 17.1 Å². The van der Waals surface area contributed by atoms with Crippen molar-refractivity contribution in [2.24, 2.45) is 0 Å². The molecule has 1 spiro atoms. The van der Waals surface area contributed by atoms with Gasteiger partial charge in [0.1, 0.15) is 0 Å². The molecular formula is C58H45N. The molecular weight excluding hydrogens is 711 g/mol. The third-order valence-electron chi connectivity index (χ3n) is 13.2. The minimum atomic E-state index is -0.440. The van der Waals surface area contributed by atoms with Crippen LogP contribution < -0.4 is 4.90 Å². The lowest BCUT2D eigenvalue weighted by atomic mass is 9.54. The zero-order chi connectivity index (χ0) is 39.6. The normalized spacial score (nSPS) is 16.9. The number of hydrogen-bond acceptors (Lipinski definition) is 1. The summed E-state index contributed by atoms with van der Waals surface area (Å²) in [5.41, 5.74) is 21.2. The van der Waals surface area contributed by atoms with Crippen molar-refractivity contribution in [2.75, 3.05) is 4.90 Å². The zero-order valence-corrected chi connectivity index (χ0v) is 33.6. The molecule has 0 heterocycles. The van der Waals surface area contributed by atoms with Gasteiger partial charge in [-0.15, -0.1) is 0 Å². The Balaban J connectivity index is 1.19. The van der Waals surface area contributed by atoms with Gasteiger partial charge >= 0.3 is 0 Å². The van der Waals surface area contributed by atoms with Crippen molar-refractivity contribution in [3.8, 4) is 44.5 Å². The number of allylic oxidation sites excluding steroid dienone is 4. The molecule has 0 amide bonds. The van der Waals surface area contributed by atoms with Gasteiger partial charge in [-0.25, -0.2) is 0 Å². The van der Waals surface area contributed by atoms with Crippen LogP contribution in [0, 0.1) is 0 Å². The molecule has 3 aliphatic carbocycles. The second kappa shape index (κ2) is 13.9. The molecule has 0 saturated heterocycles. The molecule has 1 atom stereocenters. The monoisotopic (exact) mass is 755 g/mol. The predicted molar refractivity (Wildman–Crippen MR) is 248 cm³/mol. The van der Waals surface area contributed by atoms with E-state index in [4.69, 9.17) is 0 Å². The van der Waals surface area contributed by atoms with Gasteiger partial charge in [-0.05, 0) is 128 Å². The summed E-state index contributed by atoms with van der Waals surface area (Å²) in [6.07, 6.45) is 7.03. The minimum absolute atomic E-state index is 0.0739. The molecule has 0 bridgehead atoms. The maximum Gasteiger partial charge on any atom is 0.0717 e. The molecule has 11 rings (SSSR count). The fraction of sp³-hybridized carbons (Fsp3) is 0.103. The highest BCUT2D eigenvalue weighted by Gasteiger charge is 2.54. The summed E-state index contributed by atoms with van der Waals surface area (Å²) in [6, 6.07) is 74.2. The van der Waals surface area contributed by atoms with Crippen LogP contribution in [0.5, 0.6) is 0 Å². The van der Waals surface area contributed by atoms with Crippen LogP contribution in [0.3, 0.4) is 0 Å². The van der Waals surface area contributed by atoms with Crippen molar-refractivity contribution in [3.63, 3.8) is 0 Å². The molecule has 0 radical (unpaired) electrons. The number of rotatable bonds is 6. The summed E-state index contributed by atoms with van der Waals surface area (Å²) in [6.45, 7) is 4.88. The van der Waals surface area contributed by atoms with Gasteiger partial charge < -0.3 is 4.90 Å². The quantitative estimate of drug-likeness (QED) is 0.163. The van der Waals surface area contributed by atoms with E-state index >= 15 is 0 Å². The first-order chi connectivity index (χ1) is 29.0. The zero-order valence-electron chi connectivity index (χ0n) is 33.6. The van der Waals surface area contributed by atoms with E-state index in [2.05, 4.69) is 231 Å². The SMILES string of the molecule is CC1(C)C2=C(C=CCC2)C2(c3ccccc3-c3ccc(N(c4ccc(-c5ccccc5)cc4)c4cc(-c5ccccc5)cc(-c5ccccc5)c4)cc32)c2ccccc21. The summed E-state index contributed by atoms with van der Waals surface area (Å²) < 4.78 is 0. The topological polar surface area (TPSA) is 3.24 Å². The lowest BCUT2D eigenvalue weighted by Crippen LogP contribution is -2.41. The lowest BCUT2D eigenvalue weighted by Gasteiger charge is -2.48. The number of nitrogens with zero attached hydrogens (tertiary/aromatic N) is 1. The van der Waals surface area contributed by atoms with Crippen molar-refractivity contribution in [1.29, 1.82) is 0 Å². The average Bonchev–Trinajstić information content (AvgIpc) is 3.60. The maximum absolute atomic E-state index is 2.53. The summed E-state index contributed by atoms with van der Waals surface area (Å²) in [4.78, 5) is 2.48. The molecule has 0 fully saturated rings. The van der Waals surface area contributed by atoms with Gasteiger partial charge in [0.15, 0.2) is 0 Å². The van der Waals surface area contributed by atoms with Crippen LogP contribution in [0.1, 0.15) is 48.9 Å². The summed E-state index contributed by atoms with van der Waals surface area (Å²) in [5.74, 6) is 0.